The number of unbranched alkanes of at least 4 members (excludes halogenated alkanes) is 3. The normalized spacial score (nSPS) is 16.1. The Labute approximate surface area is 305 Å². The van der Waals surface area contributed by atoms with Crippen molar-refractivity contribution in [2.24, 2.45) is 0 Å². The number of hydrogen-bond acceptors (Lipinski definition) is 6. The number of carbonyl (C=O) groups is 4. The number of hydrogen-bond donors (Lipinski definition) is 4. The molecule has 0 radical (unpaired) electrons. The number of aromatic amines is 1. The number of amides is 3. The molecular weight excluding hydrogens is 751 g/mol. The van der Waals surface area contributed by atoms with Crippen molar-refractivity contribution >= 4 is 63.4 Å². The fraction of sp³-hybridized carbons (Fsp3) is 0.395. The first kappa shape index (κ1) is 38.3. The predicted octanol–water partition coefficient (Wildman–Crippen LogP) is 6.21. The highest BCUT2D eigenvalue weighted by Gasteiger charge is 2.39. The average Bonchev–Trinajstić information content (AvgIpc) is 3.62. The van der Waals surface area contributed by atoms with E-state index in [1.807, 2.05) is 90.2 Å². The second-order valence-corrected chi connectivity index (χ2v) is 13.7. The molecule has 3 amide bonds. The molecule has 50 heavy (non-hydrogen) atoms. The number of likely N-dealkylation sites (tertiary alicyclic amines) is 1. The minimum atomic E-state index is -1.18. The summed E-state index contributed by atoms with van der Waals surface area (Å²) in [6.07, 6.45) is 9.74. The van der Waals surface area contributed by atoms with Crippen LogP contribution >= 0.6 is 22.6 Å². The SMILES string of the molecule is C=C[C@H](I)C(NC(=O)[C@@H]1CCCN1C(=O)[C@H](CCCC)NC(=O)OCCCC/C=C/c1ccc2[nH]c(-c3ccccc3)cc(=O)c2c1)C(=O)O. The summed E-state index contributed by atoms with van der Waals surface area (Å²) in [5, 5.41) is 15.4. The molecule has 12 heteroatoms. The number of fused-ring (bicyclic) bond motifs is 1. The van der Waals surface area contributed by atoms with Gasteiger partial charge in [-0.3, -0.25) is 14.4 Å². The first-order chi connectivity index (χ1) is 24.1. The van der Waals surface area contributed by atoms with Gasteiger partial charge in [-0.2, -0.15) is 0 Å². The molecule has 1 fully saturated rings. The van der Waals surface area contributed by atoms with Gasteiger partial charge in [0, 0.05) is 29.2 Å². The molecule has 0 aliphatic carbocycles. The second-order valence-electron chi connectivity index (χ2n) is 12.3. The Hall–Kier alpha value is -4.46. The van der Waals surface area contributed by atoms with Crippen molar-refractivity contribution in [3.05, 3.63) is 89.1 Å². The number of carboxylic acid groups (broad SMARTS) is 1. The Bertz CT molecular complexity index is 1740. The summed E-state index contributed by atoms with van der Waals surface area (Å²) in [7, 11) is 0. The maximum Gasteiger partial charge on any atom is 0.407 e. The molecule has 2 heterocycles. The monoisotopic (exact) mass is 796 g/mol. The summed E-state index contributed by atoms with van der Waals surface area (Å²) in [5.74, 6) is -2.10. The van der Waals surface area contributed by atoms with E-state index >= 15 is 0 Å². The number of carboxylic acids is 1. The van der Waals surface area contributed by atoms with Gasteiger partial charge >= 0.3 is 12.1 Å². The standard InChI is InChI=1S/C38H45IN4O7/c1-3-5-17-30(36(46)43-21-13-18-32(43)35(45)42-34(37(47)48)28(39)4-2)41-38(49)50-22-12-7-6-9-14-25-19-20-29-27(23-25)33(44)24-31(40-29)26-15-10-8-11-16-26/h4,8-11,14-16,19-20,23-24,28,30,32,34H,2-3,5-7,12-13,17-18,21-22H2,1H3,(H,40,44)(H,41,49)(H,42,45)(H,47,48)/b14-9+/t28-,30-,32-,34?/m0/s1. The first-order valence-corrected chi connectivity index (χ1v) is 18.3. The van der Waals surface area contributed by atoms with Gasteiger partial charge in [-0.25, -0.2) is 9.59 Å². The van der Waals surface area contributed by atoms with E-state index in [0.717, 1.165) is 41.6 Å². The fourth-order valence-corrected chi connectivity index (χ4v) is 6.39. The van der Waals surface area contributed by atoms with Crippen molar-refractivity contribution in [1.29, 1.82) is 0 Å². The Kier molecular flexibility index (Phi) is 14.6. The number of alkyl halides is 1. The van der Waals surface area contributed by atoms with Crippen LogP contribution in [0.4, 0.5) is 4.79 Å². The number of nitrogens with zero attached hydrogens (tertiary/aromatic N) is 1. The van der Waals surface area contributed by atoms with Crippen LogP contribution in [0, 0.1) is 0 Å². The number of H-pyrrole nitrogens is 1. The number of carbonyl (C=O) groups excluding carboxylic acids is 3. The molecule has 1 aliphatic rings. The number of nitrogens with one attached hydrogen (secondary N) is 3. The fourth-order valence-electron chi connectivity index (χ4n) is 5.91. The lowest BCUT2D eigenvalue weighted by atomic mass is 10.1. The molecule has 1 saturated heterocycles. The number of benzene rings is 2. The molecule has 11 nitrogen and oxygen atoms in total. The van der Waals surface area contributed by atoms with Crippen LogP contribution in [0.1, 0.15) is 63.9 Å². The van der Waals surface area contributed by atoms with E-state index in [9.17, 15) is 29.1 Å². The smallest absolute Gasteiger partial charge is 0.407 e. The molecule has 1 unspecified atom stereocenters. The van der Waals surface area contributed by atoms with Crippen molar-refractivity contribution in [1.82, 2.24) is 20.5 Å². The molecule has 1 aromatic heterocycles. The summed E-state index contributed by atoms with van der Waals surface area (Å²) >= 11 is 1.90. The summed E-state index contributed by atoms with van der Waals surface area (Å²) in [4.78, 5) is 68.6. The Morgan fingerprint density at radius 2 is 1.88 bits per heavy atom. The number of ether oxygens (including phenoxy) is 1. The molecule has 0 saturated carbocycles. The molecule has 266 valence electrons. The Balaban J connectivity index is 1.24. The van der Waals surface area contributed by atoms with Crippen molar-refractivity contribution in [3.8, 4) is 11.3 Å². The van der Waals surface area contributed by atoms with Gasteiger partial charge < -0.3 is 30.4 Å². The van der Waals surface area contributed by atoms with Gasteiger partial charge in [-0.05, 0) is 61.8 Å². The zero-order valence-electron chi connectivity index (χ0n) is 28.2. The van der Waals surface area contributed by atoms with Gasteiger partial charge in [0.25, 0.3) is 0 Å². The molecule has 1 aliphatic heterocycles. The predicted molar refractivity (Wildman–Crippen MR) is 203 cm³/mol. The molecule has 4 N–H and O–H groups in total. The van der Waals surface area contributed by atoms with E-state index in [4.69, 9.17) is 4.74 Å². The molecule has 3 aromatic rings. The van der Waals surface area contributed by atoms with E-state index in [1.54, 1.807) is 6.07 Å². The lowest BCUT2D eigenvalue weighted by molar-refractivity contribution is -0.144. The van der Waals surface area contributed by atoms with Crippen LogP contribution < -0.4 is 16.1 Å². The van der Waals surface area contributed by atoms with Crippen LogP contribution in [0.5, 0.6) is 0 Å². The third-order valence-electron chi connectivity index (χ3n) is 8.63. The van der Waals surface area contributed by atoms with Crippen molar-refractivity contribution in [2.75, 3.05) is 13.2 Å². The van der Waals surface area contributed by atoms with Crippen molar-refractivity contribution in [2.45, 2.75) is 80.3 Å². The first-order valence-electron chi connectivity index (χ1n) is 17.1. The molecule has 4 atom stereocenters. The van der Waals surface area contributed by atoms with Crippen molar-refractivity contribution < 1.29 is 29.0 Å². The number of halogens is 1. The molecule has 0 spiro atoms. The summed E-state index contributed by atoms with van der Waals surface area (Å²) in [6.45, 7) is 6.10. The molecule has 4 rings (SSSR count). The molecule has 0 bridgehead atoms. The Morgan fingerprint density at radius 3 is 2.60 bits per heavy atom. The minimum Gasteiger partial charge on any atom is -0.480 e. The summed E-state index contributed by atoms with van der Waals surface area (Å²) in [5.41, 5.74) is 3.37. The van der Waals surface area contributed by atoms with Crippen LogP contribution in [0.3, 0.4) is 0 Å². The molecule has 2 aromatic carbocycles. The minimum absolute atomic E-state index is 0.0461. The average molecular weight is 797 g/mol. The van der Waals surface area contributed by atoms with Crippen molar-refractivity contribution in [3.63, 3.8) is 0 Å². The zero-order chi connectivity index (χ0) is 36.0. The number of aliphatic carboxylic acids is 1. The maximum absolute atomic E-state index is 13.6. The largest absolute Gasteiger partial charge is 0.480 e. The summed E-state index contributed by atoms with van der Waals surface area (Å²) < 4.78 is 4.86. The van der Waals surface area contributed by atoms with Gasteiger partial charge in [-0.15, -0.1) is 6.58 Å². The van der Waals surface area contributed by atoms with Crippen LogP contribution in [0.15, 0.2) is 78.1 Å². The third kappa shape index (κ3) is 10.5. The number of aromatic nitrogens is 1. The lowest BCUT2D eigenvalue weighted by Crippen LogP contribution is -2.56. The van der Waals surface area contributed by atoms with Gasteiger partial charge in [0.15, 0.2) is 5.43 Å². The van der Waals surface area contributed by atoms with E-state index in [2.05, 4.69) is 22.2 Å². The van der Waals surface area contributed by atoms with Crippen LogP contribution in [-0.2, 0) is 19.1 Å². The highest BCUT2D eigenvalue weighted by Crippen LogP contribution is 2.22. The van der Waals surface area contributed by atoms with Gasteiger partial charge in [0.2, 0.25) is 11.8 Å². The van der Waals surface area contributed by atoms with Crippen LogP contribution in [0.25, 0.3) is 28.2 Å². The lowest BCUT2D eigenvalue weighted by Gasteiger charge is -2.29. The van der Waals surface area contributed by atoms with E-state index in [1.165, 1.54) is 11.0 Å². The second kappa shape index (κ2) is 19.1. The van der Waals surface area contributed by atoms with Gasteiger partial charge in [-0.1, -0.05) is 97.0 Å². The number of alkyl carbamates (subject to hydrolysis) is 1. The van der Waals surface area contributed by atoms with E-state index in [0.29, 0.717) is 44.0 Å². The van der Waals surface area contributed by atoms with Crippen LogP contribution in [0.2, 0.25) is 0 Å². The quantitative estimate of drug-likeness (QED) is 0.0548. The van der Waals surface area contributed by atoms with E-state index < -0.39 is 40.0 Å². The Morgan fingerprint density at radius 1 is 1.10 bits per heavy atom. The number of pyridine rings is 1. The summed E-state index contributed by atoms with van der Waals surface area (Å²) in [6, 6.07) is 14.2. The number of allylic oxidation sites excluding steroid dienone is 1. The molecular formula is C38H45IN4O7. The highest BCUT2D eigenvalue weighted by atomic mass is 127. The topological polar surface area (TPSA) is 158 Å². The maximum atomic E-state index is 13.6. The highest BCUT2D eigenvalue weighted by molar-refractivity contribution is 14.1. The van der Waals surface area contributed by atoms with E-state index in [-0.39, 0.29) is 17.9 Å². The third-order valence-corrected chi connectivity index (χ3v) is 9.86. The van der Waals surface area contributed by atoms with Gasteiger partial charge in [0.1, 0.15) is 18.1 Å². The number of rotatable bonds is 17. The zero-order valence-corrected chi connectivity index (χ0v) is 30.4. The van der Waals surface area contributed by atoms with Gasteiger partial charge in [0.05, 0.1) is 10.5 Å². The van der Waals surface area contributed by atoms with Crippen LogP contribution in [-0.4, -0.2) is 74.1 Å².